The summed E-state index contributed by atoms with van der Waals surface area (Å²) >= 11 is 0. The molecule has 2 aliphatic heterocycles. The van der Waals surface area contributed by atoms with E-state index >= 15 is 0 Å². The molecule has 7 heteroatoms. The SMILES string of the molecule is Cc1c(-c2ccccc2)oc2c(C(=O)N3CCN(CC(=O)N4CCCC4)CC3)cccc2c1=O. The predicted molar refractivity (Wildman–Crippen MR) is 131 cm³/mol. The second kappa shape index (κ2) is 9.43. The topological polar surface area (TPSA) is 74.1 Å². The Morgan fingerprint density at radius 1 is 0.853 bits per heavy atom. The van der Waals surface area contributed by atoms with Crippen LogP contribution < -0.4 is 5.43 Å². The van der Waals surface area contributed by atoms with Crippen LogP contribution in [0.25, 0.3) is 22.3 Å². The van der Waals surface area contributed by atoms with Crippen LogP contribution in [0.3, 0.4) is 0 Å². The third-order valence-electron chi connectivity index (χ3n) is 6.89. The second-order valence-electron chi connectivity index (χ2n) is 9.09. The van der Waals surface area contributed by atoms with Crippen molar-refractivity contribution in [2.75, 3.05) is 45.8 Å². The highest BCUT2D eigenvalue weighted by molar-refractivity contribution is 6.05. The molecule has 5 rings (SSSR count). The Balaban J connectivity index is 1.37. The first-order valence-electron chi connectivity index (χ1n) is 11.9. The van der Waals surface area contributed by atoms with Gasteiger partial charge in [-0.15, -0.1) is 0 Å². The van der Waals surface area contributed by atoms with E-state index in [9.17, 15) is 14.4 Å². The molecule has 1 aromatic heterocycles. The van der Waals surface area contributed by atoms with Gasteiger partial charge in [0.05, 0.1) is 17.5 Å². The van der Waals surface area contributed by atoms with E-state index < -0.39 is 0 Å². The molecule has 2 amide bonds. The standard InChI is InChI=1S/C27H29N3O4/c1-19-24(32)21-10-7-11-22(26(21)34-25(19)20-8-3-2-4-9-20)27(33)30-16-14-28(15-17-30)18-23(31)29-12-5-6-13-29/h2-4,7-11H,5-6,12-18H2,1H3. The number of piperazine rings is 1. The Labute approximate surface area is 198 Å². The first-order valence-corrected chi connectivity index (χ1v) is 11.9. The molecule has 0 spiro atoms. The lowest BCUT2D eigenvalue weighted by Crippen LogP contribution is -2.51. The van der Waals surface area contributed by atoms with Crippen molar-refractivity contribution in [1.82, 2.24) is 14.7 Å². The molecular weight excluding hydrogens is 430 g/mol. The molecule has 3 aromatic rings. The normalized spacial score (nSPS) is 16.9. The third kappa shape index (κ3) is 4.23. The summed E-state index contributed by atoms with van der Waals surface area (Å²) in [5, 5.41) is 0.415. The minimum atomic E-state index is -0.151. The fourth-order valence-electron chi connectivity index (χ4n) is 4.88. The summed E-state index contributed by atoms with van der Waals surface area (Å²) in [5.74, 6) is 0.516. The zero-order chi connectivity index (χ0) is 23.7. The van der Waals surface area contributed by atoms with Crippen LogP contribution in [0.4, 0.5) is 0 Å². The van der Waals surface area contributed by atoms with Crippen LogP contribution in [-0.4, -0.2) is 72.3 Å². The van der Waals surface area contributed by atoms with Crippen LogP contribution in [-0.2, 0) is 4.79 Å². The van der Waals surface area contributed by atoms with Crippen LogP contribution in [0.1, 0.15) is 28.8 Å². The van der Waals surface area contributed by atoms with Crippen molar-refractivity contribution < 1.29 is 14.0 Å². The highest BCUT2D eigenvalue weighted by Gasteiger charge is 2.27. The first-order chi connectivity index (χ1) is 16.5. The number of rotatable bonds is 4. The quantitative estimate of drug-likeness (QED) is 0.599. The number of para-hydroxylation sites is 1. The van der Waals surface area contributed by atoms with Crippen molar-refractivity contribution in [3.05, 3.63) is 69.9 Å². The molecular formula is C27H29N3O4. The average molecular weight is 460 g/mol. The maximum Gasteiger partial charge on any atom is 0.257 e. The summed E-state index contributed by atoms with van der Waals surface area (Å²) in [7, 11) is 0. The van der Waals surface area contributed by atoms with E-state index in [1.807, 2.05) is 35.2 Å². The molecule has 0 atom stereocenters. The lowest BCUT2D eigenvalue weighted by molar-refractivity contribution is -0.131. The Hall–Kier alpha value is -3.45. The molecule has 34 heavy (non-hydrogen) atoms. The van der Waals surface area contributed by atoms with E-state index in [0.29, 0.717) is 60.6 Å². The summed E-state index contributed by atoms with van der Waals surface area (Å²) in [4.78, 5) is 44.9. The summed E-state index contributed by atoms with van der Waals surface area (Å²) in [6.45, 7) is 6.23. The van der Waals surface area contributed by atoms with Crippen molar-refractivity contribution in [1.29, 1.82) is 0 Å². The van der Waals surface area contributed by atoms with Crippen LogP contribution >= 0.6 is 0 Å². The Bertz CT molecular complexity index is 1270. The van der Waals surface area contributed by atoms with Crippen LogP contribution in [0, 0.1) is 6.92 Å². The van der Waals surface area contributed by atoms with Crippen molar-refractivity contribution in [2.24, 2.45) is 0 Å². The second-order valence-corrected chi connectivity index (χ2v) is 9.09. The minimum absolute atomic E-state index is 0.125. The van der Waals surface area contributed by atoms with E-state index in [1.165, 1.54) is 0 Å². The van der Waals surface area contributed by atoms with E-state index in [-0.39, 0.29) is 17.2 Å². The minimum Gasteiger partial charge on any atom is -0.455 e. The number of fused-ring (bicyclic) bond motifs is 1. The lowest BCUT2D eigenvalue weighted by atomic mass is 10.0. The zero-order valence-corrected chi connectivity index (χ0v) is 19.5. The molecule has 2 saturated heterocycles. The molecule has 2 aliphatic rings. The van der Waals surface area contributed by atoms with Crippen molar-refractivity contribution in [2.45, 2.75) is 19.8 Å². The summed E-state index contributed by atoms with van der Waals surface area (Å²) in [6.07, 6.45) is 2.17. The van der Waals surface area contributed by atoms with Gasteiger partial charge in [0.2, 0.25) is 5.91 Å². The molecule has 0 saturated carbocycles. The van der Waals surface area contributed by atoms with Crippen LogP contribution in [0.2, 0.25) is 0 Å². The Kier molecular flexibility index (Phi) is 6.20. The van der Waals surface area contributed by atoms with Gasteiger partial charge in [0.1, 0.15) is 5.76 Å². The molecule has 0 unspecified atom stereocenters. The Morgan fingerprint density at radius 3 is 2.26 bits per heavy atom. The number of hydrogen-bond acceptors (Lipinski definition) is 5. The van der Waals surface area contributed by atoms with Gasteiger partial charge in [-0.25, -0.2) is 0 Å². The zero-order valence-electron chi connectivity index (χ0n) is 19.5. The maximum absolute atomic E-state index is 13.5. The third-order valence-corrected chi connectivity index (χ3v) is 6.89. The average Bonchev–Trinajstić information content (AvgIpc) is 3.42. The monoisotopic (exact) mass is 459 g/mol. The van der Waals surface area contributed by atoms with Crippen LogP contribution in [0.5, 0.6) is 0 Å². The summed E-state index contributed by atoms with van der Waals surface area (Å²) in [5.41, 5.74) is 1.93. The molecule has 3 heterocycles. The highest BCUT2D eigenvalue weighted by Crippen LogP contribution is 2.28. The number of likely N-dealkylation sites (tertiary alicyclic amines) is 1. The number of carbonyl (C=O) groups excluding carboxylic acids is 2. The summed E-state index contributed by atoms with van der Waals surface area (Å²) < 4.78 is 6.23. The fourth-order valence-corrected chi connectivity index (χ4v) is 4.88. The van der Waals surface area contributed by atoms with E-state index in [0.717, 1.165) is 31.5 Å². The van der Waals surface area contributed by atoms with Gasteiger partial charge in [-0.3, -0.25) is 19.3 Å². The molecule has 0 aliphatic carbocycles. The van der Waals surface area contributed by atoms with Gasteiger partial charge in [0, 0.05) is 50.4 Å². The number of benzene rings is 2. The molecule has 0 N–H and O–H groups in total. The highest BCUT2D eigenvalue weighted by atomic mass is 16.3. The molecule has 0 radical (unpaired) electrons. The predicted octanol–water partition coefficient (Wildman–Crippen LogP) is 3.15. The van der Waals surface area contributed by atoms with Gasteiger partial charge in [-0.05, 0) is 31.9 Å². The van der Waals surface area contributed by atoms with Gasteiger partial charge in [-0.1, -0.05) is 36.4 Å². The molecule has 176 valence electrons. The van der Waals surface area contributed by atoms with Gasteiger partial charge in [-0.2, -0.15) is 0 Å². The van der Waals surface area contributed by atoms with Crippen molar-refractivity contribution in [3.63, 3.8) is 0 Å². The van der Waals surface area contributed by atoms with Gasteiger partial charge in [0.15, 0.2) is 11.0 Å². The van der Waals surface area contributed by atoms with Crippen molar-refractivity contribution in [3.8, 4) is 11.3 Å². The maximum atomic E-state index is 13.5. The summed E-state index contributed by atoms with van der Waals surface area (Å²) in [6, 6.07) is 14.6. The number of nitrogens with zero attached hydrogens (tertiary/aromatic N) is 3. The number of amides is 2. The number of carbonyl (C=O) groups is 2. The molecule has 7 nitrogen and oxygen atoms in total. The van der Waals surface area contributed by atoms with Gasteiger partial charge >= 0.3 is 0 Å². The Morgan fingerprint density at radius 2 is 1.56 bits per heavy atom. The molecule has 2 aromatic carbocycles. The van der Waals surface area contributed by atoms with Gasteiger partial charge < -0.3 is 14.2 Å². The largest absolute Gasteiger partial charge is 0.455 e. The van der Waals surface area contributed by atoms with E-state index in [1.54, 1.807) is 30.0 Å². The molecule has 0 bridgehead atoms. The van der Waals surface area contributed by atoms with Crippen molar-refractivity contribution >= 4 is 22.8 Å². The fraction of sp³-hybridized carbons (Fsp3) is 0.370. The lowest BCUT2D eigenvalue weighted by Gasteiger charge is -2.35. The number of hydrogen-bond donors (Lipinski definition) is 0. The van der Waals surface area contributed by atoms with Gasteiger partial charge in [0.25, 0.3) is 5.91 Å². The molecule has 2 fully saturated rings. The van der Waals surface area contributed by atoms with E-state index in [4.69, 9.17) is 4.42 Å². The van der Waals surface area contributed by atoms with E-state index in [2.05, 4.69) is 4.90 Å². The van der Waals surface area contributed by atoms with Crippen LogP contribution in [0.15, 0.2) is 57.7 Å². The first kappa shape index (κ1) is 22.3. The smallest absolute Gasteiger partial charge is 0.257 e.